The van der Waals surface area contributed by atoms with E-state index in [4.69, 9.17) is 0 Å². The van der Waals surface area contributed by atoms with E-state index in [1.54, 1.807) is 6.34 Å². The molecule has 0 aromatic heterocycles. The fraction of sp³-hybridized carbons (Fsp3) is 0.0909. The van der Waals surface area contributed by atoms with Gasteiger partial charge in [0.15, 0.2) is 0 Å². The number of rotatable bonds is 0. The molecular weight excluding hydrogens is 174 g/mol. The van der Waals surface area contributed by atoms with E-state index < -0.39 is 0 Å². The van der Waals surface area contributed by atoms with E-state index >= 15 is 0 Å². The van der Waals surface area contributed by atoms with Crippen molar-refractivity contribution in [1.29, 1.82) is 0 Å². The summed E-state index contributed by atoms with van der Waals surface area (Å²) < 4.78 is 0. The van der Waals surface area contributed by atoms with Crippen molar-refractivity contribution >= 4 is 18.6 Å². The highest BCUT2D eigenvalue weighted by molar-refractivity contribution is 5.88. The molecule has 0 spiro atoms. The van der Waals surface area contributed by atoms with Crippen molar-refractivity contribution in [3.05, 3.63) is 41.1 Å². The zero-order valence-electron chi connectivity index (χ0n) is 7.59. The van der Waals surface area contributed by atoms with Crippen molar-refractivity contribution in [3.63, 3.8) is 0 Å². The molecule has 0 saturated heterocycles. The van der Waals surface area contributed by atoms with Gasteiger partial charge >= 0.3 is 0 Å². The van der Waals surface area contributed by atoms with E-state index in [9.17, 15) is 0 Å². The van der Waals surface area contributed by atoms with Crippen molar-refractivity contribution in [3.8, 4) is 0 Å². The summed E-state index contributed by atoms with van der Waals surface area (Å²) in [4.78, 5) is 4.16. The second-order valence-corrected chi connectivity index (χ2v) is 3.31. The normalized spacial score (nSPS) is 17.4. The van der Waals surface area contributed by atoms with Crippen molar-refractivity contribution in [1.82, 2.24) is 5.01 Å². The number of benzene rings is 1. The number of hydrazone groups is 1. The van der Waals surface area contributed by atoms with Crippen molar-refractivity contribution in [2.24, 2.45) is 10.1 Å². The topological polar surface area (TPSA) is 28.0 Å². The van der Waals surface area contributed by atoms with E-state index in [-0.39, 0.29) is 0 Å². The summed E-state index contributed by atoms with van der Waals surface area (Å²) in [6.45, 7) is 0.728. The smallest absolute Gasteiger partial charge is 0.112 e. The minimum absolute atomic E-state index is 0.728. The Morgan fingerprint density at radius 3 is 2.93 bits per heavy atom. The SMILES string of the molecule is C1=NCC2=Cc3ccccc3C=NN12. The standard InChI is InChI=1S/C11H9N3/c1-2-4-10-6-13-14-8-12-7-11(14)5-9(10)3-1/h1-6,8H,7H2. The van der Waals surface area contributed by atoms with Crippen molar-refractivity contribution in [2.75, 3.05) is 6.54 Å². The number of aliphatic imine (C=N–C) groups is 1. The molecule has 68 valence electrons. The van der Waals surface area contributed by atoms with E-state index in [0.717, 1.165) is 17.8 Å². The van der Waals surface area contributed by atoms with Gasteiger partial charge in [-0.1, -0.05) is 24.3 Å². The van der Waals surface area contributed by atoms with E-state index in [1.807, 2.05) is 23.4 Å². The van der Waals surface area contributed by atoms with E-state index in [1.165, 1.54) is 5.56 Å². The van der Waals surface area contributed by atoms with Gasteiger partial charge in [0.1, 0.15) is 6.34 Å². The molecular formula is C11H9N3. The molecule has 1 aromatic rings. The molecule has 1 aromatic carbocycles. The van der Waals surface area contributed by atoms with Crippen LogP contribution in [0.4, 0.5) is 0 Å². The lowest BCUT2D eigenvalue weighted by atomic mass is 10.1. The van der Waals surface area contributed by atoms with Gasteiger partial charge in [-0.15, -0.1) is 0 Å². The van der Waals surface area contributed by atoms with Crippen LogP contribution in [-0.2, 0) is 0 Å². The average Bonchev–Trinajstić information content (AvgIpc) is 2.58. The Hall–Kier alpha value is -1.90. The van der Waals surface area contributed by atoms with Gasteiger partial charge in [-0.05, 0) is 11.6 Å². The number of nitrogens with zero attached hydrogens (tertiary/aromatic N) is 3. The maximum Gasteiger partial charge on any atom is 0.112 e. The minimum Gasteiger partial charge on any atom is -0.267 e. The van der Waals surface area contributed by atoms with Gasteiger partial charge in [-0.25, -0.2) is 5.01 Å². The van der Waals surface area contributed by atoms with Crippen LogP contribution >= 0.6 is 0 Å². The Morgan fingerprint density at radius 2 is 2.00 bits per heavy atom. The second kappa shape index (κ2) is 2.80. The number of hydrogen-bond donors (Lipinski definition) is 0. The molecule has 0 N–H and O–H groups in total. The molecule has 0 unspecified atom stereocenters. The molecule has 0 saturated carbocycles. The molecule has 3 nitrogen and oxygen atoms in total. The quantitative estimate of drug-likeness (QED) is 0.601. The Bertz CT molecular complexity index is 457. The summed E-state index contributed by atoms with van der Waals surface area (Å²) in [5, 5.41) is 6.14. The Balaban J connectivity index is 2.17. The predicted molar refractivity (Wildman–Crippen MR) is 57.2 cm³/mol. The van der Waals surface area contributed by atoms with Crippen LogP contribution in [0.25, 0.3) is 6.08 Å². The summed E-state index contributed by atoms with van der Waals surface area (Å²) in [6, 6.07) is 8.22. The Morgan fingerprint density at radius 1 is 1.14 bits per heavy atom. The zero-order chi connectivity index (χ0) is 9.38. The summed E-state index contributed by atoms with van der Waals surface area (Å²) in [5.41, 5.74) is 3.49. The summed E-state index contributed by atoms with van der Waals surface area (Å²) in [5.74, 6) is 0. The second-order valence-electron chi connectivity index (χ2n) is 3.31. The van der Waals surface area contributed by atoms with Crippen molar-refractivity contribution in [2.45, 2.75) is 0 Å². The first-order valence-corrected chi connectivity index (χ1v) is 4.56. The van der Waals surface area contributed by atoms with Gasteiger partial charge < -0.3 is 0 Å². The third kappa shape index (κ3) is 1.06. The molecule has 3 rings (SSSR count). The van der Waals surface area contributed by atoms with Crippen LogP contribution in [0.2, 0.25) is 0 Å². The first-order chi connectivity index (χ1) is 6.93. The number of fused-ring (bicyclic) bond motifs is 2. The molecule has 0 radical (unpaired) electrons. The first kappa shape index (κ1) is 7.50. The van der Waals surface area contributed by atoms with Crippen LogP contribution in [0.15, 0.2) is 40.1 Å². The fourth-order valence-electron chi connectivity index (χ4n) is 1.64. The molecule has 2 aliphatic rings. The van der Waals surface area contributed by atoms with Crippen LogP contribution in [0, 0.1) is 0 Å². The maximum atomic E-state index is 4.32. The molecule has 0 atom stereocenters. The fourth-order valence-corrected chi connectivity index (χ4v) is 1.64. The molecule has 0 fully saturated rings. The van der Waals surface area contributed by atoms with Gasteiger partial charge in [0.25, 0.3) is 0 Å². The lowest BCUT2D eigenvalue weighted by Crippen LogP contribution is -2.08. The van der Waals surface area contributed by atoms with E-state index in [2.05, 4.69) is 28.3 Å². The molecule has 3 heteroatoms. The van der Waals surface area contributed by atoms with Crippen LogP contribution in [0.5, 0.6) is 0 Å². The van der Waals surface area contributed by atoms with Crippen molar-refractivity contribution < 1.29 is 0 Å². The third-order valence-corrected chi connectivity index (χ3v) is 2.38. The zero-order valence-corrected chi connectivity index (χ0v) is 7.59. The third-order valence-electron chi connectivity index (χ3n) is 2.38. The largest absolute Gasteiger partial charge is 0.267 e. The highest BCUT2D eigenvalue weighted by Gasteiger charge is 2.14. The van der Waals surface area contributed by atoms with Crippen LogP contribution in [-0.4, -0.2) is 24.1 Å². The lowest BCUT2D eigenvalue weighted by Gasteiger charge is -2.06. The average molecular weight is 183 g/mol. The molecule has 2 heterocycles. The van der Waals surface area contributed by atoms with Crippen LogP contribution in [0.1, 0.15) is 11.1 Å². The Labute approximate surface area is 82.1 Å². The number of hydrogen-bond acceptors (Lipinski definition) is 3. The molecule has 0 aliphatic carbocycles. The van der Waals surface area contributed by atoms with Gasteiger partial charge in [0.05, 0.1) is 18.5 Å². The van der Waals surface area contributed by atoms with Gasteiger partial charge in [0.2, 0.25) is 0 Å². The minimum atomic E-state index is 0.728. The maximum absolute atomic E-state index is 4.32. The van der Waals surface area contributed by atoms with Crippen LogP contribution in [0.3, 0.4) is 0 Å². The molecule has 0 amide bonds. The highest BCUT2D eigenvalue weighted by Crippen LogP contribution is 2.20. The Kier molecular flexibility index (Phi) is 1.50. The van der Waals surface area contributed by atoms with Gasteiger partial charge in [-0.2, -0.15) is 5.10 Å². The van der Waals surface area contributed by atoms with Gasteiger partial charge in [-0.3, -0.25) is 4.99 Å². The van der Waals surface area contributed by atoms with Crippen LogP contribution < -0.4 is 0 Å². The lowest BCUT2D eigenvalue weighted by molar-refractivity contribution is 0.595. The monoisotopic (exact) mass is 183 g/mol. The predicted octanol–water partition coefficient (Wildman–Crippen LogP) is 1.72. The van der Waals surface area contributed by atoms with Gasteiger partial charge in [0, 0.05) is 5.56 Å². The summed E-state index contributed by atoms with van der Waals surface area (Å²) >= 11 is 0. The molecule has 2 aliphatic heterocycles. The molecule has 14 heavy (non-hydrogen) atoms. The first-order valence-electron chi connectivity index (χ1n) is 4.56. The highest BCUT2D eigenvalue weighted by atomic mass is 15.5. The summed E-state index contributed by atoms with van der Waals surface area (Å²) in [7, 11) is 0. The van der Waals surface area contributed by atoms with E-state index in [0.29, 0.717) is 0 Å². The summed E-state index contributed by atoms with van der Waals surface area (Å²) in [6.07, 6.45) is 5.76. The molecule has 0 bridgehead atoms.